The average molecular weight is 417 g/mol. The minimum absolute atomic E-state index is 0.384. The van der Waals surface area contributed by atoms with Crippen molar-refractivity contribution in [2.24, 2.45) is 5.73 Å². The first-order valence-corrected chi connectivity index (χ1v) is 10.9. The predicted octanol–water partition coefficient (Wildman–Crippen LogP) is 3.00. The van der Waals surface area contributed by atoms with Gasteiger partial charge in [0, 0.05) is 63.0 Å². The van der Waals surface area contributed by atoms with Crippen molar-refractivity contribution in [3.63, 3.8) is 0 Å². The molecule has 0 spiro atoms. The second-order valence-corrected chi connectivity index (χ2v) is 8.63. The fourth-order valence-electron chi connectivity index (χ4n) is 4.28. The lowest BCUT2D eigenvalue weighted by atomic mass is 10.1. The zero-order valence-corrected chi connectivity index (χ0v) is 18.1. The Labute approximate surface area is 182 Å². The van der Waals surface area contributed by atoms with Gasteiger partial charge in [-0.2, -0.15) is 0 Å². The lowest BCUT2D eigenvalue weighted by molar-refractivity contribution is 0.100. The Morgan fingerprint density at radius 1 is 1.00 bits per heavy atom. The SMILES string of the molecule is CN(C)c1ccc2nc(C3CC3)nc(N3CCN(c4ccccc4C(N)=O)CC3)c2c1. The van der Waals surface area contributed by atoms with Crippen molar-refractivity contribution in [1.82, 2.24) is 9.97 Å². The van der Waals surface area contributed by atoms with E-state index >= 15 is 0 Å². The van der Waals surface area contributed by atoms with Gasteiger partial charge >= 0.3 is 0 Å². The van der Waals surface area contributed by atoms with Crippen LogP contribution in [-0.4, -0.2) is 56.1 Å². The number of primary amides is 1. The molecule has 1 amide bonds. The van der Waals surface area contributed by atoms with E-state index in [2.05, 4.69) is 47.0 Å². The Kier molecular flexibility index (Phi) is 4.88. The van der Waals surface area contributed by atoms with Gasteiger partial charge in [0.1, 0.15) is 11.6 Å². The molecule has 1 aliphatic carbocycles. The van der Waals surface area contributed by atoms with Crippen LogP contribution in [0.2, 0.25) is 0 Å². The van der Waals surface area contributed by atoms with Crippen LogP contribution < -0.4 is 20.4 Å². The van der Waals surface area contributed by atoms with Crippen molar-refractivity contribution in [3.8, 4) is 0 Å². The van der Waals surface area contributed by atoms with Gasteiger partial charge in [-0.15, -0.1) is 0 Å². The maximum Gasteiger partial charge on any atom is 0.250 e. The first-order valence-electron chi connectivity index (χ1n) is 10.9. The van der Waals surface area contributed by atoms with E-state index in [9.17, 15) is 4.79 Å². The molecule has 7 nitrogen and oxygen atoms in total. The third kappa shape index (κ3) is 3.76. The van der Waals surface area contributed by atoms with Gasteiger partial charge in [-0.1, -0.05) is 12.1 Å². The molecule has 2 aliphatic rings. The zero-order chi connectivity index (χ0) is 21.5. The Bertz CT molecular complexity index is 1130. The largest absolute Gasteiger partial charge is 0.378 e. The highest BCUT2D eigenvalue weighted by Gasteiger charge is 2.29. The van der Waals surface area contributed by atoms with Gasteiger partial charge in [-0.25, -0.2) is 9.97 Å². The monoisotopic (exact) mass is 416 g/mol. The molecule has 7 heteroatoms. The number of anilines is 3. The Hall–Kier alpha value is -3.35. The number of hydrogen-bond acceptors (Lipinski definition) is 6. The van der Waals surface area contributed by atoms with Crippen LogP contribution in [0.25, 0.3) is 10.9 Å². The summed E-state index contributed by atoms with van der Waals surface area (Å²) in [7, 11) is 4.10. The van der Waals surface area contributed by atoms with E-state index in [4.69, 9.17) is 15.7 Å². The highest BCUT2D eigenvalue weighted by Crippen LogP contribution is 2.40. The van der Waals surface area contributed by atoms with Gasteiger partial charge in [0.2, 0.25) is 0 Å². The fraction of sp³-hybridized carbons (Fsp3) is 0.375. The standard InChI is InChI=1S/C24H28N6O/c1-28(2)17-9-10-20-19(15-17)24(27-23(26-20)16-7-8-16)30-13-11-29(12-14-30)21-6-4-3-5-18(21)22(25)31/h3-6,9-10,15-16H,7-8,11-14H2,1-2H3,(H2,25,31). The quantitative estimate of drug-likeness (QED) is 0.689. The van der Waals surface area contributed by atoms with Gasteiger partial charge in [0.25, 0.3) is 5.91 Å². The van der Waals surface area contributed by atoms with Crippen LogP contribution in [0.1, 0.15) is 34.9 Å². The molecule has 0 atom stereocenters. The molecule has 0 radical (unpaired) electrons. The van der Waals surface area contributed by atoms with Crippen LogP contribution in [0.15, 0.2) is 42.5 Å². The lowest BCUT2D eigenvalue weighted by Crippen LogP contribution is -2.47. The lowest BCUT2D eigenvalue weighted by Gasteiger charge is -2.37. The van der Waals surface area contributed by atoms with Gasteiger partial charge in [0.05, 0.1) is 11.1 Å². The van der Waals surface area contributed by atoms with Crippen LogP contribution in [0.5, 0.6) is 0 Å². The van der Waals surface area contributed by atoms with E-state index in [0.717, 1.165) is 60.1 Å². The number of hydrogen-bond donors (Lipinski definition) is 1. The smallest absolute Gasteiger partial charge is 0.250 e. The van der Waals surface area contributed by atoms with Crippen LogP contribution in [0.4, 0.5) is 17.2 Å². The van der Waals surface area contributed by atoms with Gasteiger partial charge < -0.3 is 20.4 Å². The fourth-order valence-corrected chi connectivity index (χ4v) is 4.28. The molecule has 2 N–H and O–H groups in total. The minimum Gasteiger partial charge on any atom is -0.378 e. The molecule has 5 rings (SSSR count). The molecule has 1 aromatic heterocycles. The first-order chi connectivity index (χ1) is 15.0. The number of nitrogens with zero attached hydrogens (tertiary/aromatic N) is 5. The number of piperazine rings is 1. The first kappa shape index (κ1) is 19.6. The molecule has 0 unspecified atom stereocenters. The molecule has 2 aromatic carbocycles. The summed E-state index contributed by atoms with van der Waals surface area (Å²) in [5.74, 6) is 2.12. The number of fused-ring (bicyclic) bond motifs is 1. The van der Waals surface area contributed by atoms with Crippen LogP contribution in [-0.2, 0) is 0 Å². The summed E-state index contributed by atoms with van der Waals surface area (Å²) in [5, 5.41) is 1.10. The highest BCUT2D eigenvalue weighted by molar-refractivity contribution is 5.98. The van der Waals surface area contributed by atoms with Crippen LogP contribution >= 0.6 is 0 Å². The Morgan fingerprint density at radius 3 is 2.39 bits per heavy atom. The topological polar surface area (TPSA) is 78.6 Å². The average Bonchev–Trinajstić information content (AvgIpc) is 3.63. The maximum atomic E-state index is 11.9. The molecule has 0 bridgehead atoms. The van der Waals surface area contributed by atoms with E-state index in [1.807, 2.05) is 18.2 Å². The van der Waals surface area contributed by atoms with Crippen molar-refractivity contribution in [3.05, 3.63) is 53.9 Å². The van der Waals surface area contributed by atoms with E-state index in [-0.39, 0.29) is 5.91 Å². The molecule has 1 saturated heterocycles. The summed E-state index contributed by atoms with van der Waals surface area (Å²) in [4.78, 5) is 28.5. The Morgan fingerprint density at radius 2 is 1.71 bits per heavy atom. The molecule has 2 heterocycles. The number of aromatic nitrogens is 2. The summed E-state index contributed by atoms with van der Waals surface area (Å²) in [6.07, 6.45) is 2.36. The van der Waals surface area contributed by atoms with E-state index in [1.54, 1.807) is 6.07 Å². The molecule has 1 saturated carbocycles. The summed E-state index contributed by atoms with van der Waals surface area (Å²) in [5.41, 5.74) is 9.24. The summed E-state index contributed by atoms with van der Waals surface area (Å²) in [6.45, 7) is 3.27. The van der Waals surface area contributed by atoms with Crippen molar-refractivity contribution in [2.45, 2.75) is 18.8 Å². The molecular weight excluding hydrogens is 388 g/mol. The second-order valence-electron chi connectivity index (χ2n) is 8.63. The van der Waals surface area contributed by atoms with E-state index < -0.39 is 0 Å². The minimum atomic E-state index is -0.384. The molecule has 160 valence electrons. The molecule has 31 heavy (non-hydrogen) atoms. The Balaban J connectivity index is 1.46. The number of rotatable bonds is 5. The summed E-state index contributed by atoms with van der Waals surface area (Å²) in [6, 6.07) is 14.0. The summed E-state index contributed by atoms with van der Waals surface area (Å²) < 4.78 is 0. The number of para-hydroxylation sites is 1. The molecule has 1 aliphatic heterocycles. The van der Waals surface area contributed by atoms with Gasteiger partial charge in [0.15, 0.2) is 0 Å². The maximum absolute atomic E-state index is 11.9. The normalized spacial score (nSPS) is 16.6. The number of amides is 1. The third-order valence-electron chi connectivity index (χ3n) is 6.22. The van der Waals surface area contributed by atoms with Crippen molar-refractivity contribution in [1.29, 1.82) is 0 Å². The third-order valence-corrected chi connectivity index (χ3v) is 6.22. The molecular formula is C24H28N6O. The number of carbonyl (C=O) groups excluding carboxylic acids is 1. The summed E-state index contributed by atoms with van der Waals surface area (Å²) >= 11 is 0. The van der Waals surface area contributed by atoms with Crippen LogP contribution in [0, 0.1) is 0 Å². The predicted molar refractivity (Wildman–Crippen MR) is 125 cm³/mol. The van der Waals surface area contributed by atoms with Crippen molar-refractivity contribution < 1.29 is 4.79 Å². The van der Waals surface area contributed by atoms with Crippen molar-refractivity contribution in [2.75, 3.05) is 55.0 Å². The van der Waals surface area contributed by atoms with E-state index in [1.165, 1.54) is 12.8 Å². The molecule has 2 fully saturated rings. The van der Waals surface area contributed by atoms with Gasteiger partial charge in [-0.3, -0.25) is 4.79 Å². The highest BCUT2D eigenvalue weighted by atomic mass is 16.1. The number of carbonyl (C=O) groups is 1. The zero-order valence-electron chi connectivity index (χ0n) is 18.1. The van der Waals surface area contributed by atoms with Crippen molar-refractivity contribution >= 4 is 34.0 Å². The number of benzene rings is 2. The van der Waals surface area contributed by atoms with Crippen LogP contribution in [0.3, 0.4) is 0 Å². The second kappa shape index (κ2) is 7.72. The van der Waals surface area contributed by atoms with E-state index in [0.29, 0.717) is 11.5 Å². The number of nitrogens with two attached hydrogens (primary N) is 1. The van der Waals surface area contributed by atoms with Gasteiger partial charge in [-0.05, 0) is 43.2 Å². The molecule has 3 aromatic rings.